The zero-order valence-electron chi connectivity index (χ0n) is 12.5. The summed E-state index contributed by atoms with van der Waals surface area (Å²) in [5.41, 5.74) is 7.39. The Hall–Kier alpha value is -1.55. The van der Waals surface area contributed by atoms with Gasteiger partial charge in [0.2, 0.25) is 0 Å². The lowest BCUT2D eigenvalue weighted by Gasteiger charge is -2.22. The lowest BCUT2D eigenvalue weighted by molar-refractivity contribution is 0.0635. The first-order chi connectivity index (χ1) is 9.36. The summed E-state index contributed by atoms with van der Waals surface area (Å²) in [7, 11) is 0. The van der Waals surface area contributed by atoms with Crippen LogP contribution < -0.4 is 11.1 Å². The summed E-state index contributed by atoms with van der Waals surface area (Å²) in [6.07, 6.45) is 2.82. The smallest absolute Gasteiger partial charge is 0.412 e. The maximum Gasteiger partial charge on any atom is 0.412 e. The molecular weight excluding hydrogens is 252 g/mol. The van der Waals surface area contributed by atoms with Crippen molar-refractivity contribution in [1.82, 2.24) is 0 Å². The average Bonchev–Trinajstić information content (AvgIpc) is 3.08. The Kier molecular flexibility index (Phi) is 4.04. The minimum atomic E-state index is -0.493. The minimum absolute atomic E-state index is 0.153. The maximum absolute atomic E-state index is 11.9. The van der Waals surface area contributed by atoms with Gasteiger partial charge in [-0.15, -0.1) is 0 Å². The van der Waals surface area contributed by atoms with E-state index in [1.807, 2.05) is 39.0 Å². The highest BCUT2D eigenvalue weighted by Crippen LogP contribution is 2.52. The lowest BCUT2D eigenvalue weighted by atomic mass is 9.91. The molecule has 1 aromatic carbocycles. The van der Waals surface area contributed by atoms with Crippen molar-refractivity contribution in [1.29, 1.82) is 0 Å². The van der Waals surface area contributed by atoms with Gasteiger partial charge < -0.3 is 10.5 Å². The fourth-order valence-corrected chi connectivity index (χ4v) is 2.55. The molecular formula is C16H24N2O2. The zero-order valence-corrected chi connectivity index (χ0v) is 12.5. The molecule has 0 atom stereocenters. The Morgan fingerprint density at radius 3 is 2.55 bits per heavy atom. The van der Waals surface area contributed by atoms with Crippen molar-refractivity contribution in [2.24, 2.45) is 5.73 Å². The van der Waals surface area contributed by atoms with Crippen molar-refractivity contribution in [3.8, 4) is 0 Å². The summed E-state index contributed by atoms with van der Waals surface area (Å²) in [5, 5.41) is 2.87. The summed E-state index contributed by atoms with van der Waals surface area (Å²) in [5.74, 6) is 0. The Balaban J connectivity index is 2.15. The number of ether oxygens (including phenoxy) is 1. The number of rotatable bonds is 4. The van der Waals surface area contributed by atoms with Gasteiger partial charge >= 0.3 is 6.09 Å². The average molecular weight is 276 g/mol. The molecule has 1 aliphatic carbocycles. The van der Waals surface area contributed by atoms with Gasteiger partial charge in [-0.3, -0.25) is 5.32 Å². The van der Waals surface area contributed by atoms with E-state index in [4.69, 9.17) is 10.5 Å². The normalized spacial score (nSPS) is 16.6. The van der Waals surface area contributed by atoms with Crippen LogP contribution in [-0.2, 0) is 10.2 Å². The molecule has 4 nitrogen and oxygen atoms in total. The van der Waals surface area contributed by atoms with Gasteiger partial charge in [0.15, 0.2) is 0 Å². The van der Waals surface area contributed by atoms with E-state index in [9.17, 15) is 4.79 Å². The first-order valence-electron chi connectivity index (χ1n) is 7.16. The van der Waals surface area contributed by atoms with Crippen molar-refractivity contribution in [3.63, 3.8) is 0 Å². The molecule has 3 N–H and O–H groups in total. The van der Waals surface area contributed by atoms with Crippen LogP contribution in [0.15, 0.2) is 24.3 Å². The number of carbonyl (C=O) groups excluding carboxylic acids is 1. The summed E-state index contributed by atoms with van der Waals surface area (Å²) in [6, 6.07) is 7.94. The van der Waals surface area contributed by atoms with Crippen LogP contribution in [0, 0.1) is 0 Å². The minimum Gasteiger partial charge on any atom is -0.444 e. The predicted molar refractivity (Wildman–Crippen MR) is 80.9 cm³/mol. The van der Waals surface area contributed by atoms with Crippen LogP contribution in [-0.4, -0.2) is 18.2 Å². The fraction of sp³-hybridized carbons (Fsp3) is 0.562. The van der Waals surface area contributed by atoms with Crippen molar-refractivity contribution in [3.05, 3.63) is 29.8 Å². The quantitative estimate of drug-likeness (QED) is 0.885. The van der Waals surface area contributed by atoms with Gasteiger partial charge in [0, 0.05) is 5.69 Å². The molecule has 2 rings (SSSR count). The molecule has 0 bridgehead atoms. The van der Waals surface area contributed by atoms with Gasteiger partial charge in [0.1, 0.15) is 5.60 Å². The number of nitrogens with two attached hydrogens (primary N) is 1. The highest BCUT2D eigenvalue weighted by Gasteiger charge is 2.44. The van der Waals surface area contributed by atoms with E-state index < -0.39 is 11.7 Å². The molecule has 110 valence electrons. The van der Waals surface area contributed by atoms with E-state index in [0.717, 1.165) is 24.9 Å². The second-order valence-corrected chi connectivity index (χ2v) is 6.49. The van der Waals surface area contributed by atoms with E-state index in [1.54, 1.807) is 0 Å². The van der Waals surface area contributed by atoms with E-state index in [-0.39, 0.29) is 5.41 Å². The van der Waals surface area contributed by atoms with Gasteiger partial charge in [-0.1, -0.05) is 18.2 Å². The van der Waals surface area contributed by atoms with Gasteiger partial charge in [0.25, 0.3) is 0 Å². The van der Waals surface area contributed by atoms with Gasteiger partial charge in [-0.05, 0) is 63.6 Å². The molecule has 0 saturated heterocycles. The number of hydrogen-bond donors (Lipinski definition) is 2. The molecule has 0 heterocycles. The second-order valence-electron chi connectivity index (χ2n) is 6.49. The van der Waals surface area contributed by atoms with E-state index in [0.29, 0.717) is 6.54 Å². The predicted octanol–water partition coefficient (Wildman–Crippen LogP) is 3.41. The summed E-state index contributed by atoms with van der Waals surface area (Å²) < 4.78 is 5.31. The molecule has 4 heteroatoms. The Morgan fingerprint density at radius 2 is 2.00 bits per heavy atom. The SMILES string of the molecule is CC(C)(C)OC(=O)Nc1ccccc1C1(CCN)CC1. The van der Waals surface area contributed by atoms with Crippen LogP contribution in [0.4, 0.5) is 10.5 Å². The molecule has 1 fully saturated rings. The van der Waals surface area contributed by atoms with Crippen LogP contribution in [0.2, 0.25) is 0 Å². The largest absolute Gasteiger partial charge is 0.444 e. The molecule has 1 amide bonds. The zero-order chi connectivity index (χ0) is 14.8. The number of hydrogen-bond acceptors (Lipinski definition) is 3. The summed E-state index contributed by atoms with van der Waals surface area (Å²) in [6.45, 7) is 6.24. The van der Waals surface area contributed by atoms with Crippen LogP contribution in [0.25, 0.3) is 0 Å². The summed E-state index contributed by atoms with van der Waals surface area (Å²) >= 11 is 0. The number of para-hydroxylation sites is 1. The molecule has 0 aromatic heterocycles. The monoisotopic (exact) mass is 276 g/mol. The molecule has 20 heavy (non-hydrogen) atoms. The molecule has 1 saturated carbocycles. The third-order valence-electron chi connectivity index (χ3n) is 3.61. The molecule has 1 aromatic rings. The van der Waals surface area contributed by atoms with Crippen molar-refractivity contribution < 1.29 is 9.53 Å². The summed E-state index contributed by atoms with van der Waals surface area (Å²) in [4.78, 5) is 11.9. The van der Waals surface area contributed by atoms with E-state index in [2.05, 4.69) is 11.4 Å². The van der Waals surface area contributed by atoms with Crippen LogP contribution in [0.1, 0.15) is 45.6 Å². The fourth-order valence-electron chi connectivity index (χ4n) is 2.55. The Bertz CT molecular complexity index is 487. The number of benzene rings is 1. The number of nitrogens with one attached hydrogen (secondary N) is 1. The Morgan fingerprint density at radius 1 is 1.35 bits per heavy atom. The molecule has 0 spiro atoms. The number of anilines is 1. The van der Waals surface area contributed by atoms with Gasteiger partial charge in [0.05, 0.1) is 0 Å². The number of carbonyl (C=O) groups is 1. The molecule has 0 aliphatic heterocycles. The first kappa shape index (κ1) is 14.9. The number of amides is 1. The Labute approximate surface area is 120 Å². The van der Waals surface area contributed by atoms with Crippen LogP contribution in [0.5, 0.6) is 0 Å². The van der Waals surface area contributed by atoms with Crippen LogP contribution >= 0.6 is 0 Å². The van der Waals surface area contributed by atoms with Crippen LogP contribution in [0.3, 0.4) is 0 Å². The third kappa shape index (κ3) is 3.51. The maximum atomic E-state index is 11.9. The molecule has 1 aliphatic rings. The first-order valence-corrected chi connectivity index (χ1v) is 7.16. The van der Waals surface area contributed by atoms with Gasteiger partial charge in [-0.2, -0.15) is 0 Å². The van der Waals surface area contributed by atoms with Crippen molar-refractivity contribution in [2.45, 2.75) is 51.0 Å². The van der Waals surface area contributed by atoms with E-state index in [1.165, 1.54) is 5.56 Å². The third-order valence-corrected chi connectivity index (χ3v) is 3.61. The highest BCUT2D eigenvalue weighted by molar-refractivity contribution is 5.86. The standard InChI is InChI=1S/C16H24N2O2/c1-15(2,3)20-14(19)18-13-7-5-4-6-12(13)16(8-9-16)10-11-17/h4-7H,8-11,17H2,1-3H3,(H,18,19). The molecule has 0 unspecified atom stereocenters. The molecule has 0 radical (unpaired) electrons. The van der Waals surface area contributed by atoms with E-state index >= 15 is 0 Å². The lowest BCUT2D eigenvalue weighted by Crippen LogP contribution is -2.28. The van der Waals surface area contributed by atoms with Crippen molar-refractivity contribution >= 4 is 11.8 Å². The topological polar surface area (TPSA) is 64.3 Å². The second kappa shape index (κ2) is 5.44. The van der Waals surface area contributed by atoms with Crippen molar-refractivity contribution in [2.75, 3.05) is 11.9 Å². The van der Waals surface area contributed by atoms with Gasteiger partial charge in [-0.25, -0.2) is 4.79 Å². The highest BCUT2D eigenvalue weighted by atomic mass is 16.6.